The summed E-state index contributed by atoms with van der Waals surface area (Å²) in [6.07, 6.45) is -4.55. The Morgan fingerprint density at radius 2 is 1.88 bits per heavy atom. The van der Waals surface area contributed by atoms with Gasteiger partial charge in [0.1, 0.15) is 11.8 Å². The average molecular weight is 365 g/mol. The average Bonchev–Trinajstić information content (AvgIpc) is 2.59. The molecule has 0 unspecified atom stereocenters. The zero-order chi connectivity index (χ0) is 19.3. The fourth-order valence-corrected chi connectivity index (χ4v) is 1.92. The number of non-ortho nitro benzene ring substituents is 1. The summed E-state index contributed by atoms with van der Waals surface area (Å²) in [6, 6.07) is 10.1. The van der Waals surface area contributed by atoms with Crippen LogP contribution in [0.25, 0.3) is 0 Å². The normalized spacial score (nSPS) is 10.7. The van der Waals surface area contributed by atoms with Gasteiger partial charge < -0.3 is 10.1 Å². The lowest BCUT2D eigenvalue weighted by atomic mass is 10.1. The first-order chi connectivity index (χ1) is 12.2. The summed E-state index contributed by atoms with van der Waals surface area (Å²) in [5.74, 6) is -0.870. The van der Waals surface area contributed by atoms with E-state index in [0.29, 0.717) is 0 Å². The Bertz CT molecular complexity index is 874. The van der Waals surface area contributed by atoms with Crippen molar-refractivity contribution < 1.29 is 27.6 Å². The SMILES string of the molecule is N#Cc1cc(NC(=O)c2ccc([N+](=O)[O-])cc2)ccc1OCC(F)(F)F. The molecule has 0 aromatic heterocycles. The van der Waals surface area contributed by atoms with E-state index in [0.717, 1.165) is 24.3 Å². The number of anilines is 1. The summed E-state index contributed by atoms with van der Waals surface area (Å²) < 4.78 is 41.1. The number of hydrogen-bond donors (Lipinski definition) is 1. The molecule has 2 aromatic carbocycles. The number of carbonyl (C=O) groups excluding carboxylic acids is 1. The Kier molecular flexibility index (Phi) is 5.42. The molecule has 0 bridgehead atoms. The van der Waals surface area contributed by atoms with Crippen molar-refractivity contribution in [3.8, 4) is 11.8 Å². The lowest BCUT2D eigenvalue weighted by molar-refractivity contribution is -0.384. The molecule has 0 fully saturated rings. The molecular weight excluding hydrogens is 355 g/mol. The summed E-state index contributed by atoms with van der Waals surface area (Å²) in [4.78, 5) is 22.1. The number of halogens is 3. The molecule has 26 heavy (non-hydrogen) atoms. The Hall–Kier alpha value is -3.61. The van der Waals surface area contributed by atoms with Crippen molar-refractivity contribution in [2.45, 2.75) is 6.18 Å². The van der Waals surface area contributed by atoms with Gasteiger partial charge in [0.25, 0.3) is 11.6 Å². The number of amides is 1. The number of ether oxygens (including phenoxy) is 1. The van der Waals surface area contributed by atoms with Crippen LogP contribution < -0.4 is 10.1 Å². The summed E-state index contributed by atoms with van der Waals surface area (Å²) >= 11 is 0. The number of alkyl halides is 3. The van der Waals surface area contributed by atoms with E-state index in [-0.39, 0.29) is 28.3 Å². The molecule has 134 valence electrons. The number of hydrogen-bond acceptors (Lipinski definition) is 5. The highest BCUT2D eigenvalue weighted by Crippen LogP contribution is 2.25. The molecule has 0 atom stereocenters. The molecule has 10 heteroatoms. The van der Waals surface area contributed by atoms with E-state index in [1.54, 1.807) is 6.07 Å². The standard InChI is InChI=1S/C16H10F3N3O4/c17-16(18,19)9-26-14-6-3-12(7-11(14)8-20)21-15(23)10-1-4-13(5-2-10)22(24)25/h1-7H,9H2,(H,21,23). The second-order valence-electron chi connectivity index (χ2n) is 4.98. The molecule has 2 rings (SSSR count). The molecule has 0 saturated heterocycles. The summed E-state index contributed by atoms with van der Waals surface area (Å²) in [7, 11) is 0. The van der Waals surface area contributed by atoms with Crippen LogP contribution in [0.3, 0.4) is 0 Å². The largest absolute Gasteiger partial charge is 0.483 e. The highest BCUT2D eigenvalue weighted by Gasteiger charge is 2.28. The topological polar surface area (TPSA) is 105 Å². The van der Waals surface area contributed by atoms with Crippen molar-refractivity contribution in [2.24, 2.45) is 0 Å². The van der Waals surface area contributed by atoms with Crippen LogP contribution in [0.5, 0.6) is 5.75 Å². The van der Waals surface area contributed by atoms with Crippen LogP contribution in [-0.4, -0.2) is 23.6 Å². The predicted octanol–water partition coefficient (Wildman–Crippen LogP) is 3.66. The third-order valence-electron chi connectivity index (χ3n) is 3.09. The van der Waals surface area contributed by atoms with Crippen molar-refractivity contribution in [1.29, 1.82) is 5.26 Å². The molecule has 1 N–H and O–H groups in total. The maximum absolute atomic E-state index is 12.2. The van der Waals surface area contributed by atoms with Crippen molar-refractivity contribution in [3.63, 3.8) is 0 Å². The second-order valence-corrected chi connectivity index (χ2v) is 4.98. The van der Waals surface area contributed by atoms with E-state index in [4.69, 9.17) is 5.26 Å². The number of benzene rings is 2. The van der Waals surface area contributed by atoms with Crippen LogP contribution in [0.4, 0.5) is 24.5 Å². The van der Waals surface area contributed by atoms with Gasteiger partial charge in [-0.15, -0.1) is 0 Å². The number of nitro groups is 1. The van der Waals surface area contributed by atoms with Gasteiger partial charge in [0.15, 0.2) is 6.61 Å². The van der Waals surface area contributed by atoms with Gasteiger partial charge in [0.2, 0.25) is 0 Å². The predicted molar refractivity (Wildman–Crippen MR) is 83.8 cm³/mol. The van der Waals surface area contributed by atoms with Crippen LogP contribution in [0, 0.1) is 21.4 Å². The lowest BCUT2D eigenvalue weighted by Gasteiger charge is -2.12. The van der Waals surface area contributed by atoms with Gasteiger partial charge in [-0.2, -0.15) is 18.4 Å². The minimum Gasteiger partial charge on any atom is -0.483 e. The third-order valence-corrected chi connectivity index (χ3v) is 3.09. The van der Waals surface area contributed by atoms with Crippen molar-refractivity contribution in [3.05, 3.63) is 63.7 Å². The summed E-state index contributed by atoms with van der Waals surface area (Å²) in [5.41, 5.74) is -0.0778. The maximum atomic E-state index is 12.2. The number of nitrogens with zero attached hydrogens (tertiary/aromatic N) is 2. The zero-order valence-electron chi connectivity index (χ0n) is 12.9. The molecule has 0 radical (unpaired) electrons. The minimum absolute atomic E-state index is 0.131. The Morgan fingerprint density at radius 3 is 2.42 bits per heavy atom. The molecule has 0 heterocycles. The van der Waals surface area contributed by atoms with Crippen LogP contribution in [-0.2, 0) is 0 Å². The van der Waals surface area contributed by atoms with Gasteiger partial charge in [0, 0.05) is 23.4 Å². The van der Waals surface area contributed by atoms with E-state index in [9.17, 15) is 28.1 Å². The lowest BCUT2D eigenvalue weighted by Crippen LogP contribution is -2.19. The first kappa shape index (κ1) is 18.7. The number of rotatable bonds is 5. The van der Waals surface area contributed by atoms with Gasteiger partial charge in [-0.05, 0) is 30.3 Å². The van der Waals surface area contributed by atoms with E-state index in [1.165, 1.54) is 18.2 Å². The van der Waals surface area contributed by atoms with E-state index in [2.05, 4.69) is 10.1 Å². The third kappa shape index (κ3) is 4.94. The molecule has 0 aliphatic heterocycles. The molecule has 1 amide bonds. The van der Waals surface area contributed by atoms with Crippen molar-refractivity contribution in [2.75, 3.05) is 11.9 Å². The van der Waals surface area contributed by atoms with E-state index < -0.39 is 23.6 Å². The highest BCUT2D eigenvalue weighted by atomic mass is 19.4. The van der Waals surface area contributed by atoms with E-state index in [1.807, 2.05) is 0 Å². The smallest absolute Gasteiger partial charge is 0.422 e. The van der Waals surface area contributed by atoms with Gasteiger partial charge in [-0.25, -0.2) is 0 Å². The number of nitro benzene ring substituents is 1. The fourth-order valence-electron chi connectivity index (χ4n) is 1.92. The number of carbonyl (C=O) groups is 1. The van der Waals surface area contributed by atoms with Gasteiger partial charge in [-0.3, -0.25) is 14.9 Å². The second kappa shape index (κ2) is 7.52. The Morgan fingerprint density at radius 1 is 1.23 bits per heavy atom. The maximum Gasteiger partial charge on any atom is 0.422 e. The zero-order valence-corrected chi connectivity index (χ0v) is 12.9. The molecule has 7 nitrogen and oxygen atoms in total. The Labute approximate surface area is 144 Å². The molecular formula is C16H10F3N3O4. The monoisotopic (exact) mass is 365 g/mol. The highest BCUT2D eigenvalue weighted by molar-refractivity contribution is 6.04. The van der Waals surface area contributed by atoms with Crippen LogP contribution in [0.1, 0.15) is 15.9 Å². The summed E-state index contributed by atoms with van der Waals surface area (Å²) in [5, 5.41) is 22.0. The number of nitriles is 1. The Balaban J connectivity index is 2.13. The molecule has 0 saturated carbocycles. The minimum atomic E-state index is -4.55. The molecule has 2 aromatic rings. The summed E-state index contributed by atoms with van der Waals surface area (Å²) in [6.45, 7) is -1.55. The van der Waals surface area contributed by atoms with E-state index >= 15 is 0 Å². The molecule has 0 aliphatic carbocycles. The van der Waals surface area contributed by atoms with Crippen LogP contribution in [0.2, 0.25) is 0 Å². The van der Waals surface area contributed by atoms with Crippen molar-refractivity contribution in [1.82, 2.24) is 0 Å². The fraction of sp³-hybridized carbons (Fsp3) is 0.125. The molecule has 0 aliphatic rings. The van der Waals surface area contributed by atoms with Gasteiger partial charge in [-0.1, -0.05) is 0 Å². The first-order valence-electron chi connectivity index (χ1n) is 6.99. The number of nitrogens with one attached hydrogen (secondary N) is 1. The van der Waals surface area contributed by atoms with Gasteiger partial charge >= 0.3 is 6.18 Å². The quantitative estimate of drug-likeness (QED) is 0.643. The van der Waals surface area contributed by atoms with Crippen LogP contribution in [0.15, 0.2) is 42.5 Å². The molecule has 0 spiro atoms. The van der Waals surface area contributed by atoms with Crippen molar-refractivity contribution >= 4 is 17.3 Å². The van der Waals surface area contributed by atoms with Crippen LogP contribution >= 0.6 is 0 Å². The van der Waals surface area contributed by atoms with Gasteiger partial charge in [0.05, 0.1) is 10.5 Å². The first-order valence-corrected chi connectivity index (χ1v) is 6.99.